The number of para-hydroxylation sites is 1. The molecule has 0 aliphatic heterocycles. The minimum atomic E-state index is -3.80. The number of rotatable bonds is 12. The summed E-state index contributed by atoms with van der Waals surface area (Å²) in [5, 5.41) is 12.5. The SMILES string of the molecule is COc1ccc2[nH]c(C)c(CC(=O)N[C@@H](CCCCNS(N)(=O)=O)C(=O)Nc3cccc4cccnc34)c2c1. The molecular formula is C27H32N6O5S. The zero-order chi connectivity index (χ0) is 28.0. The van der Waals surface area contributed by atoms with E-state index in [1.54, 1.807) is 19.4 Å². The minimum absolute atomic E-state index is 0.0611. The van der Waals surface area contributed by atoms with E-state index in [0.717, 1.165) is 27.5 Å². The third-order valence-electron chi connectivity index (χ3n) is 6.43. The van der Waals surface area contributed by atoms with E-state index >= 15 is 0 Å². The summed E-state index contributed by atoms with van der Waals surface area (Å²) in [6.07, 6.45) is 2.91. The Morgan fingerprint density at radius 1 is 1.13 bits per heavy atom. The normalized spacial score (nSPS) is 12.4. The predicted octanol–water partition coefficient (Wildman–Crippen LogP) is 2.66. The fourth-order valence-electron chi connectivity index (χ4n) is 4.50. The van der Waals surface area contributed by atoms with Gasteiger partial charge in [0, 0.05) is 34.7 Å². The highest BCUT2D eigenvalue weighted by molar-refractivity contribution is 7.87. The third kappa shape index (κ3) is 7.31. The number of nitrogens with zero attached hydrogens (tertiary/aromatic N) is 1. The first-order valence-corrected chi connectivity index (χ1v) is 14.1. The highest BCUT2D eigenvalue weighted by Gasteiger charge is 2.23. The Morgan fingerprint density at radius 3 is 2.69 bits per heavy atom. The van der Waals surface area contributed by atoms with Crippen molar-refractivity contribution in [1.29, 1.82) is 0 Å². The summed E-state index contributed by atoms with van der Waals surface area (Å²) in [4.78, 5) is 34.2. The summed E-state index contributed by atoms with van der Waals surface area (Å²) in [5.41, 5.74) is 3.73. The maximum absolute atomic E-state index is 13.4. The molecule has 1 atom stereocenters. The van der Waals surface area contributed by atoms with Gasteiger partial charge in [0.2, 0.25) is 11.8 Å². The fourth-order valence-corrected chi connectivity index (χ4v) is 4.93. The summed E-state index contributed by atoms with van der Waals surface area (Å²) in [6, 6.07) is 13.9. The Morgan fingerprint density at radius 2 is 1.92 bits per heavy atom. The maximum atomic E-state index is 13.4. The quantitative estimate of drug-likeness (QED) is 0.169. The van der Waals surface area contributed by atoms with Gasteiger partial charge in [-0.15, -0.1) is 0 Å². The number of ether oxygens (including phenoxy) is 1. The Labute approximate surface area is 226 Å². The van der Waals surface area contributed by atoms with E-state index < -0.39 is 22.2 Å². The highest BCUT2D eigenvalue weighted by atomic mass is 32.2. The van der Waals surface area contributed by atoms with Crippen LogP contribution in [0.3, 0.4) is 0 Å². The second-order valence-electron chi connectivity index (χ2n) is 9.24. The number of carbonyl (C=O) groups is 2. The highest BCUT2D eigenvalue weighted by Crippen LogP contribution is 2.27. The lowest BCUT2D eigenvalue weighted by Gasteiger charge is -2.19. The molecule has 206 valence electrons. The molecule has 2 aromatic carbocycles. The van der Waals surface area contributed by atoms with Gasteiger partial charge in [-0.2, -0.15) is 8.42 Å². The van der Waals surface area contributed by atoms with Gasteiger partial charge >= 0.3 is 0 Å². The molecule has 4 rings (SSSR count). The van der Waals surface area contributed by atoms with Crippen molar-refractivity contribution in [3.63, 3.8) is 0 Å². The molecule has 0 bridgehead atoms. The summed E-state index contributed by atoms with van der Waals surface area (Å²) in [6.45, 7) is 2.02. The molecule has 2 amide bonds. The number of methoxy groups -OCH3 is 1. The van der Waals surface area contributed by atoms with Gasteiger partial charge in [0.25, 0.3) is 10.2 Å². The zero-order valence-corrected chi connectivity index (χ0v) is 22.6. The third-order valence-corrected chi connectivity index (χ3v) is 7.04. The molecule has 0 radical (unpaired) electrons. The number of H-pyrrole nitrogens is 1. The van der Waals surface area contributed by atoms with Crippen LogP contribution in [0.4, 0.5) is 5.69 Å². The molecule has 39 heavy (non-hydrogen) atoms. The number of amides is 2. The van der Waals surface area contributed by atoms with E-state index in [1.807, 2.05) is 49.4 Å². The monoisotopic (exact) mass is 552 g/mol. The molecule has 2 aromatic heterocycles. The summed E-state index contributed by atoms with van der Waals surface area (Å²) in [5.74, 6) is -0.0314. The first-order chi connectivity index (χ1) is 18.6. The second-order valence-corrected chi connectivity index (χ2v) is 10.6. The Bertz CT molecular complexity index is 1600. The van der Waals surface area contributed by atoms with Crippen molar-refractivity contribution in [2.75, 3.05) is 19.0 Å². The second kappa shape index (κ2) is 12.2. The molecule has 0 aliphatic rings. The molecule has 0 saturated heterocycles. The number of fused-ring (bicyclic) bond motifs is 2. The molecule has 0 unspecified atom stereocenters. The molecule has 11 nitrogen and oxygen atoms in total. The van der Waals surface area contributed by atoms with E-state index in [0.29, 0.717) is 36.2 Å². The van der Waals surface area contributed by atoms with Crippen molar-refractivity contribution in [1.82, 2.24) is 20.0 Å². The van der Waals surface area contributed by atoms with Crippen LogP contribution in [0.5, 0.6) is 5.75 Å². The first-order valence-electron chi connectivity index (χ1n) is 12.5. The number of anilines is 1. The van der Waals surface area contributed by atoms with E-state index in [2.05, 4.69) is 25.3 Å². The van der Waals surface area contributed by atoms with Crippen LogP contribution < -0.4 is 25.2 Å². The molecule has 0 saturated carbocycles. The number of nitrogens with one attached hydrogen (secondary N) is 4. The smallest absolute Gasteiger partial charge is 0.274 e. The molecule has 0 aliphatic carbocycles. The van der Waals surface area contributed by atoms with Gasteiger partial charge in [-0.3, -0.25) is 14.6 Å². The van der Waals surface area contributed by atoms with Crippen molar-refractivity contribution in [3.8, 4) is 5.75 Å². The predicted molar refractivity (Wildman–Crippen MR) is 151 cm³/mol. The van der Waals surface area contributed by atoms with E-state index in [-0.39, 0.29) is 18.9 Å². The van der Waals surface area contributed by atoms with Crippen LogP contribution >= 0.6 is 0 Å². The van der Waals surface area contributed by atoms with E-state index in [9.17, 15) is 18.0 Å². The van der Waals surface area contributed by atoms with Gasteiger partial charge in [0.05, 0.1) is 24.7 Å². The van der Waals surface area contributed by atoms with E-state index in [4.69, 9.17) is 9.88 Å². The Kier molecular flexibility index (Phi) is 8.79. The van der Waals surface area contributed by atoms with Crippen molar-refractivity contribution in [2.24, 2.45) is 5.14 Å². The number of aryl methyl sites for hydroxylation is 1. The van der Waals surface area contributed by atoms with Crippen molar-refractivity contribution >= 4 is 49.5 Å². The number of hydrogen-bond acceptors (Lipinski definition) is 6. The largest absolute Gasteiger partial charge is 0.497 e. The number of pyridine rings is 1. The van der Waals surface area contributed by atoms with E-state index in [1.165, 1.54) is 0 Å². The van der Waals surface area contributed by atoms with Crippen LogP contribution in [-0.4, -0.2) is 49.9 Å². The standard InChI is InChI=1S/C27H32N6O5S/c1-17-20(21-15-19(38-2)11-12-22(21)31-17)16-25(34)32-24(9-3-4-14-30-39(28,36)37)27(35)33-23-10-5-7-18-8-6-13-29-26(18)23/h5-8,10-13,15,24,30-31H,3-4,9,14,16H2,1-2H3,(H,32,34)(H,33,35)(H2,28,36,37)/t24-/m0/s1. The fraction of sp³-hybridized carbons (Fsp3) is 0.296. The number of nitrogens with two attached hydrogens (primary N) is 1. The van der Waals surface area contributed by atoms with Crippen LogP contribution in [0.1, 0.15) is 30.5 Å². The van der Waals surface area contributed by atoms with Crippen molar-refractivity contribution in [3.05, 3.63) is 66.0 Å². The van der Waals surface area contributed by atoms with Crippen LogP contribution in [-0.2, 0) is 26.2 Å². The van der Waals surface area contributed by atoms with Gasteiger partial charge in [0.1, 0.15) is 11.8 Å². The number of unbranched alkanes of at least 4 members (excludes halogenated alkanes) is 1. The van der Waals surface area contributed by atoms with Crippen molar-refractivity contribution in [2.45, 2.75) is 38.6 Å². The average Bonchev–Trinajstić information content (AvgIpc) is 3.21. The van der Waals surface area contributed by atoms with Gasteiger partial charge in [-0.25, -0.2) is 9.86 Å². The lowest BCUT2D eigenvalue weighted by atomic mass is 10.0. The maximum Gasteiger partial charge on any atom is 0.274 e. The van der Waals surface area contributed by atoms with Gasteiger partial charge in [0.15, 0.2) is 0 Å². The topological polar surface area (TPSA) is 168 Å². The van der Waals surface area contributed by atoms with Gasteiger partial charge in [-0.1, -0.05) is 18.2 Å². The number of carbonyl (C=O) groups excluding carboxylic acids is 2. The number of aromatic nitrogens is 2. The van der Waals surface area contributed by atoms with Gasteiger partial charge < -0.3 is 20.4 Å². The lowest BCUT2D eigenvalue weighted by Crippen LogP contribution is -2.44. The summed E-state index contributed by atoms with van der Waals surface area (Å²) >= 11 is 0. The molecule has 0 spiro atoms. The van der Waals surface area contributed by atoms with Crippen LogP contribution in [0, 0.1) is 6.92 Å². The zero-order valence-electron chi connectivity index (χ0n) is 21.8. The van der Waals surface area contributed by atoms with Crippen molar-refractivity contribution < 1.29 is 22.7 Å². The van der Waals surface area contributed by atoms with Crippen LogP contribution in [0.2, 0.25) is 0 Å². The molecule has 0 fully saturated rings. The number of hydrogen-bond donors (Lipinski definition) is 5. The molecule has 6 N–H and O–H groups in total. The Hall–Kier alpha value is -4.00. The number of benzene rings is 2. The first kappa shape index (κ1) is 28.0. The minimum Gasteiger partial charge on any atom is -0.497 e. The summed E-state index contributed by atoms with van der Waals surface area (Å²) in [7, 11) is -2.21. The molecule has 4 aromatic rings. The molecule has 12 heteroatoms. The molecular weight excluding hydrogens is 520 g/mol. The molecule has 2 heterocycles. The average molecular weight is 553 g/mol. The van der Waals surface area contributed by atoms with Crippen LogP contribution in [0.15, 0.2) is 54.7 Å². The van der Waals surface area contributed by atoms with Gasteiger partial charge in [-0.05, 0) is 62.1 Å². The van der Waals surface area contributed by atoms with Crippen LogP contribution in [0.25, 0.3) is 21.8 Å². The number of aromatic amines is 1. The Balaban J connectivity index is 1.50. The lowest BCUT2D eigenvalue weighted by molar-refractivity contribution is -0.126. The summed E-state index contributed by atoms with van der Waals surface area (Å²) < 4.78 is 29.8.